The van der Waals surface area contributed by atoms with E-state index in [0.717, 1.165) is 22.0 Å². The van der Waals surface area contributed by atoms with Gasteiger partial charge in [0.2, 0.25) is 0 Å². The minimum atomic E-state index is -0.855. The first-order chi connectivity index (χ1) is 18.7. The average molecular weight is 525 g/mol. The number of para-hydroxylation sites is 1. The number of ether oxygens (including phenoxy) is 1. The fourth-order valence-electron chi connectivity index (χ4n) is 5.46. The second-order valence-corrected chi connectivity index (χ2v) is 10.3. The summed E-state index contributed by atoms with van der Waals surface area (Å²) in [6.45, 7) is 6.13. The lowest BCUT2D eigenvalue weighted by atomic mass is 9.91. The number of nitrogens with zero attached hydrogens (tertiary/aromatic N) is 1. The van der Waals surface area contributed by atoms with Crippen molar-refractivity contribution in [3.8, 4) is 11.5 Å². The molecule has 1 fully saturated rings. The number of phenolic OH excluding ortho intramolecular Hbond substituents is 1. The van der Waals surface area contributed by atoms with Crippen molar-refractivity contribution in [1.82, 2.24) is 9.88 Å². The van der Waals surface area contributed by atoms with Crippen LogP contribution in [0.25, 0.3) is 16.7 Å². The van der Waals surface area contributed by atoms with Gasteiger partial charge in [-0.25, -0.2) is 0 Å². The summed E-state index contributed by atoms with van der Waals surface area (Å²) < 4.78 is 5.55. The normalized spacial score (nSPS) is 16.9. The van der Waals surface area contributed by atoms with E-state index in [1.165, 1.54) is 17.0 Å². The number of rotatable bonds is 7. The zero-order valence-electron chi connectivity index (χ0n) is 22.5. The van der Waals surface area contributed by atoms with E-state index in [4.69, 9.17) is 4.74 Å². The molecule has 39 heavy (non-hydrogen) atoms. The van der Waals surface area contributed by atoms with E-state index in [1.54, 1.807) is 19.2 Å². The fraction of sp³-hybridized carbons (Fsp3) is 0.250. The van der Waals surface area contributed by atoms with Crippen LogP contribution in [-0.4, -0.2) is 45.4 Å². The minimum Gasteiger partial charge on any atom is -0.508 e. The Morgan fingerprint density at radius 3 is 2.56 bits per heavy atom. The molecule has 0 radical (unpaired) electrons. The molecule has 1 aliphatic rings. The van der Waals surface area contributed by atoms with Crippen LogP contribution in [-0.2, 0) is 16.0 Å². The maximum absolute atomic E-state index is 13.5. The minimum absolute atomic E-state index is 0.00694. The molecule has 5 rings (SSSR count). The van der Waals surface area contributed by atoms with E-state index >= 15 is 0 Å². The van der Waals surface area contributed by atoms with E-state index in [0.29, 0.717) is 28.9 Å². The third-order valence-electron chi connectivity index (χ3n) is 7.48. The summed E-state index contributed by atoms with van der Waals surface area (Å²) in [7, 11) is 1.60. The van der Waals surface area contributed by atoms with Crippen molar-refractivity contribution in [2.24, 2.45) is 0 Å². The number of methoxy groups -OCH3 is 1. The third-order valence-corrected chi connectivity index (χ3v) is 7.48. The molecule has 1 atom stereocenters. The highest BCUT2D eigenvalue weighted by molar-refractivity contribution is 6.46. The van der Waals surface area contributed by atoms with Gasteiger partial charge in [-0.05, 0) is 71.8 Å². The number of H-pyrrole nitrogens is 1. The van der Waals surface area contributed by atoms with Gasteiger partial charge >= 0.3 is 0 Å². The van der Waals surface area contributed by atoms with Crippen LogP contribution in [0.15, 0.2) is 72.4 Å². The number of ketones is 1. The highest BCUT2D eigenvalue weighted by Gasteiger charge is 2.46. The lowest BCUT2D eigenvalue weighted by molar-refractivity contribution is -0.139. The molecule has 0 bridgehead atoms. The maximum atomic E-state index is 13.5. The molecule has 1 amide bonds. The van der Waals surface area contributed by atoms with Crippen molar-refractivity contribution in [2.45, 2.75) is 39.2 Å². The number of aromatic amines is 1. The van der Waals surface area contributed by atoms with Gasteiger partial charge in [0, 0.05) is 29.2 Å². The summed E-state index contributed by atoms with van der Waals surface area (Å²) in [5.41, 5.74) is 4.64. The van der Waals surface area contributed by atoms with Crippen LogP contribution in [0.5, 0.6) is 11.5 Å². The molecule has 1 saturated heterocycles. The highest BCUT2D eigenvalue weighted by atomic mass is 16.5. The number of aliphatic hydroxyl groups is 1. The summed E-state index contributed by atoms with van der Waals surface area (Å²) in [6, 6.07) is 17.2. The van der Waals surface area contributed by atoms with E-state index in [-0.39, 0.29) is 29.5 Å². The number of aliphatic hydroxyl groups excluding tert-OH is 1. The number of aryl methyl sites for hydroxylation is 1. The largest absolute Gasteiger partial charge is 0.508 e. The summed E-state index contributed by atoms with van der Waals surface area (Å²) in [6.07, 6.45) is 2.42. The predicted octanol–water partition coefficient (Wildman–Crippen LogP) is 5.98. The van der Waals surface area contributed by atoms with Crippen molar-refractivity contribution in [1.29, 1.82) is 0 Å². The van der Waals surface area contributed by atoms with Gasteiger partial charge in [-0.3, -0.25) is 9.59 Å². The molecule has 200 valence electrons. The Kier molecular flexibility index (Phi) is 6.91. The second kappa shape index (κ2) is 10.3. The van der Waals surface area contributed by atoms with E-state index in [1.807, 2.05) is 63.4 Å². The van der Waals surface area contributed by atoms with E-state index in [9.17, 15) is 19.8 Å². The lowest BCUT2D eigenvalue weighted by Crippen LogP contribution is -2.31. The van der Waals surface area contributed by atoms with Crippen LogP contribution in [0.3, 0.4) is 0 Å². The quantitative estimate of drug-likeness (QED) is 0.157. The molecule has 1 aliphatic heterocycles. The van der Waals surface area contributed by atoms with Gasteiger partial charge in [0.1, 0.15) is 17.3 Å². The maximum Gasteiger partial charge on any atom is 0.295 e. The zero-order chi connectivity index (χ0) is 27.8. The van der Waals surface area contributed by atoms with Gasteiger partial charge in [-0.1, -0.05) is 44.2 Å². The molecule has 1 aromatic heterocycles. The van der Waals surface area contributed by atoms with Gasteiger partial charge < -0.3 is 24.8 Å². The monoisotopic (exact) mass is 524 g/mol. The van der Waals surface area contributed by atoms with Crippen molar-refractivity contribution < 1.29 is 24.5 Å². The van der Waals surface area contributed by atoms with Gasteiger partial charge in [-0.2, -0.15) is 0 Å². The number of carbonyl (C=O) groups excluding carboxylic acids is 2. The van der Waals surface area contributed by atoms with Crippen LogP contribution in [0.4, 0.5) is 0 Å². The molecule has 3 aromatic carbocycles. The first-order valence-electron chi connectivity index (χ1n) is 13.0. The molecule has 0 spiro atoms. The third kappa shape index (κ3) is 4.65. The number of aromatic hydroxyl groups is 1. The SMILES string of the molecule is COc1cc(C)c(/C(O)=C2\C(=O)C(=O)N(CCc3c[nH]c4ccccc34)C2c2cccc(O)c2)cc1C(C)C. The fourth-order valence-corrected chi connectivity index (χ4v) is 5.46. The average Bonchev–Trinajstić information content (AvgIpc) is 3.44. The Bertz CT molecular complexity index is 1610. The zero-order valence-corrected chi connectivity index (χ0v) is 22.5. The summed E-state index contributed by atoms with van der Waals surface area (Å²) in [4.78, 5) is 31.7. The molecular formula is C32H32N2O5. The number of fused-ring (bicyclic) bond motifs is 1. The molecule has 0 saturated carbocycles. The van der Waals surface area contributed by atoms with Crippen LogP contribution >= 0.6 is 0 Å². The van der Waals surface area contributed by atoms with Crippen LogP contribution in [0.2, 0.25) is 0 Å². The van der Waals surface area contributed by atoms with Crippen LogP contribution in [0.1, 0.15) is 53.6 Å². The Balaban J connectivity index is 1.62. The van der Waals surface area contributed by atoms with Crippen molar-refractivity contribution in [2.75, 3.05) is 13.7 Å². The first-order valence-corrected chi connectivity index (χ1v) is 13.0. The van der Waals surface area contributed by atoms with Gasteiger partial charge in [0.15, 0.2) is 0 Å². The summed E-state index contributed by atoms with van der Waals surface area (Å²) in [5, 5.41) is 22.9. The standard InChI is InChI=1S/C32H32N2O5/c1-18(2)24-16-25(19(3)14-27(24)39-4)30(36)28-29(20-8-7-9-22(35)15-20)34(32(38)31(28)37)13-12-21-17-33-26-11-6-5-10-23(21)26/h5-11,14-18,29,33,35-36H,12-13H2,1-4H3/b30-28+. The van der Waals surface area contributed by atoms with Crippen LogP contribution in [0, 0.1) is 6.92 Å². The molecule has 7 nitrogen and oxygen atoms in total. The number of aromatic nitrogens is 1. The number of hydrogen-bond acceptors (Lipinski definition) is 5. The van der Waals surface area contributed by atoms with Gasteiger partial charge in [-0.15, -0.1) is 0 Å². The number of amides is 1. The number of benzene rings is 3. The summed E-state index contributed by atoms with van der Waals surface area (Å²) >= 11 is 0. The van der Waals surface area contributed by atoms with E-state index in [2.05, 4.69) is 4.98 Å². The summed E-state index contributed by atoms with van der Waals surface area (Å²) in [5.74, 6) is -0.854. The first kappa shape index (κ1) is 26.1. The predicted molar refractivity (Wildman–Crippen MR) is 151 cm³/mol. The van der Waals surface area contributed by atoms with Gasteiger partial charge in [0.25, 0.3) is 11.7 Å². The van der Waals surface area contributed by atoms with Crippen molar-refractivity contribution in [3.05, 3.63) is 100 Å². The Morgan fingerprint density at radius 1 is 1.08 bits per heavy atom. The lowest BCUT2D eigenvalue weighted by Gasteiger charge is -2.26. The molecule has 3 N–H and O–H groups in total. The van der Waals surface area contributed by atoms with Gasteiger partial charge in [0.05, 0.1) is 18.7 Å². The topological polar surface area (TPSA) is 103 Å². The molecule has 0 aliphatic carbocycles. The number of hydrogen-bond donors (Lipinski definition) is 3. The number of Topliss-reactive ketones (excluding diaryl/α,β-unsaturated/α-hetero) is 1. The Morgan fingerprint density at radius 2 is 1.85 bits per heavy atom. The van der Waals surface area contributed by atoms with E-state index < -0.39 is 17.7 Å². The Labute approximate surface area is 227 Å². The van der Waals surface area contributed by atoms with Crippen LogP contribution < -0.4 is 4.74 Å². The molecule has 2 heterocycles. The molecule has 1 unspecified atom stereocenters. The smallest absolute Gasteiger partial charge is 0.295 e. The Hall–Kier alpha value is -4.52. The molecule has 7 heteroatoms. The number of likely N-dealkylation sites (tertiary alicyclic amines) is 1. The number of phenols is 1. The second-order valence-electron chi connectivity index (χ2n) is 10.3. The molecular weight excluding hydrogens is 492 g/mol. The number of nitrogens with one attached hydrogen (secondary N) is 1. The van der Waals surface area contributed by atoms with Crippen molar-refractivity contribution >= 4 is 28.4 Å². The van der Waals surface area contributed by atoms with Crippen molar-refractivity contribution in [3.63, 3.8) is 0 Å². The molecule has 4 aromatic rings. The highest BCUT2D eigenvalue weighted by Crippen LogP contribution is 2.42. The number of carbonyl (C=O) groups is 2.